The highest BCUT2D eigenvalue weighted by Gasteiger charge is 1.99. The molecule has 120 valence electrons. The maximum atomic E-state index is 4.62. The van der Waals surface area contributed by atoms with E-state index in [1.165, 1.54) is 11.3 Å². The summed E-state index contributed by atoms with van der Waals surface area (Å²) >= 11 is 1.83. The Morgan fingerprint density at radius 3 is 2.67 bits per heavy atom. The minimum absolute atomic E-state index is 0. The molecule has 0 amide bonds. The molecule has 6 heteroatoms. The van der Waals surface area contributed by atoms with Crippen molar-refractivity contribution in [3.05, 3.63) is 29.8 Å². The van der Waals surface area contributed by atoms with Crippen LogP contribution in [0.4, 0.5) is 5.69 Å². The molecular formula is C15H27IN4S. The lowest BCUT2D eigenvalue weighted by Crippen LogP contribution is -2.38. The van der Waals surface area contributed by atoms with Crippen molar-refractivity contribution < 1.29 is 0 Å². The Morgan fingerprint density at radius 1 is 1.29 bits per heavy atom. The molecule has 21 heavy (non-hydrogen) atoms. The van der Waals surface area contributed by atoms with Crippen molar-refractivity contribution in [2.24, 2.45) is 4.99 Å². The van der Waals surface area contributed by atoms with Crippen LogP contribution in [0.25, 0.3) is 0 Å². The Morgan fingerprint density at radius 2 is 2.05 bits per heavy atom. The maximum Gasteiger partial charge on any atom is 0.191 e. The number of aliphatic imine (C=N–C) groups is 1. The average molecular weight is 422 g/mol. The molecule has 0 saturated carbocycles. The zero-order valence-electron chi connectivity index (χ0n) is 13.3. The molecule has 0 radical (unpaired) electrons. The van der Waals surface area contributed by atoms with E-state index in [0.29, 0.717) is 6.54 Å². The van der Waals surface area contributed by atoms with E-state index in [1.807, 2.05) is 11.8 Å². The summed E-state index contributed by atoms with van der Waals surface area (Å²) in [6.07, 6.45) is 2.11. The third-order valence-corrected chi connectivity index (χ3v) is 3.40. The maximum absolute atomic E-state index is 4.62. The van der Waals surface area contributed by atoms with Crippen molar-refractivity contribution in [1.82, 2.24) is 10.6 Å². The van der Waals surface area contributed by atoms with Gasteiger partial charge >= 0.3 is 0 Å². The van der Waals surface area contributed by atoms with E-state index in [2.05, 4.69) is 72.1 Å². The van der Waals surface area contributed by atoms with Gasteiger partial charge in [-0.25, -0.2) is 4.99 Å². The van der Waals surface area contributed by atoms with E-state index >= 15 is 0 Å². The quantitative estimate of drug-likeness (QED) is 0.307. The van der Waals surface area contributed by atoms with Crippen LogP contribution in [0.5, 0.6) is 0 Å². The number of guanidine groups is 1. The van der Waals surface area contributed by atoms with Crippen molar-refractivity contribution >= 4 is 47.4 Å². The zero-order valence-corrected chi connectivity index (χ0v) is 16.5. The summed E-state index contributed by atoms with van der Waals surface area (Å²) in [6, 6.07) is 8.47. The molecule has 0 atom stereocenters. The summed E-state index contributed by atoms with van der Waals surface area (Å²) in [5, 5.41) is 6.61. The molecule has 0 aromatic heterocycles. The second-order valence-electron chi connectivity index (χ2n) is 4.68. The standard InChI is InChI=1S/C15H26N4S.HI/c1-5-16-15(17-9-10-20-4)18-12-13-7-6-8-14(11-13)19(2)3;/h6-8,11H,5,9-10,12H2,1-4H3,(H2,16,17,18);1H. The summed E-state index contributed by atoms with van der Waals surface area (Å²) in [7, 11) is 4.10. The number of thioether (sulfide) groups is 1. The van der Waals surface area contributed by atoms with Gasteiger partial charge in [-0.3, -0.25) is 0 Å². The van der Waals surface area contributed by atoms with E-state index in [4.69, 9.17) is 0 Å². The molecule has 0 aliphatic carbocycles. The van der Waals surface area contributed by atoms with Crippen molar-refractivity contribution in [2.75, 3.05) is 44.1 Å². The lowest BCUT2D eigenvalue weighted by Gasteiger charge is -2.14. The van der Waals surface area contributed by atoms with Gasteiger partial charge in [0.2, 0.25) is 0 Å². The molecular weight excluding hydrogens is 395 g/mol. The van der Waals surface area contributed by atoms with Crippen LogP contribution in [0.15, 0.2) is 29.3 Å². The molecule has 0 unspecified atom stereocenters. The fraction of sp³-hybridized carbons (Fsp3) is 0.533. The van der Waals surface area contributed by atoms with Crippen LogP contribution in [0.2, 0.25) is 0 Å². The van der Waals surface area contributed by atoms with Crippen LogP contribution < -0.4 is 15.5 Å². The van der Waals surface area contributed by atoms with Gasteiger partial charge in [-0.15, -0.1) is 24.0 Å². The van der Waals surface area contributed by atoms with Gasteiger partial charge in [-0.2, -0.15) is 11.8 Å². The molecule has 0 fully saturated rings. The zero-order chi connectivity index (χ0) is 14.8. The fourth-order valence-corrected chi connectivity index (χ4v) is 2.02. The number of anilines is 1. The van der Waals surface area contributed by atoms with Crippen LogP contribution >= 0.6 is 35.7 Å². The second-order valence-corrected chi connectivity index (χ2v) is 5.66. The van der Waals surface area contributed by atoms with Crippen molar-refractivity contribution in [3.63, 3.8) is 0 Å². The summed E-state index contributed by atoms with van der Waals surface area (Å²) in [5.41, 5.74) is 2.43. The summed E-state index contributed by atoms with van der Waals surface area (Å²) < 4.78 is 0. The first-order chi connectivity index (χ1) is 9.67. The smallest absolute Gasteiger partial charge is 0.191 e. The first-order valence-corrected chi connectivity index (χ1v) is 8.34. The number of halogens is 1. The third kappa shape index (κ3) is 8.40. The molecule has 1 rings (SSSR count). The molecule has 0 aliphatic heterocycles. The highest BCUT2D eigenvalue weighted by atomic mass is 127. The van der Waals surface area contributed by atoms with Gasteiger partial charge in [0.1, 0.15) is 0 Å². The predicted octanol–water partition coefficient (Wildman–Crippen LogP) is 2.79. The minimum Gasteiger partial charge on any atom is -0.378 e. The molecule has 0 bridgehead atoms. The number of hydrogen-bond donors (Lipinski definition) is 2. The van der Waals surface area contributed by atoms with Gasteiger partial charge in [0, 0.05) is 38.6 Å². The van der Waals surface area contributed by atoms with Crippen LogP contribution in [0.1, 0.15) is 12.5 Å². The number of nitrogens with zero attached hydrogens (tertiary/aromatic N) is 2. The first-order valence-electron chi connectivity index (χ1n) is 6.94. The molecule has 0 heterocycles. The monoisotopic (exact) mass is 422 g/mol. The Kier molecular flexibility index (Phi) is 11.6. The van der Waals surface area contributed by atoms with E-state index < -0.39 is 0 Å². The number of rotatable bonds is 7. The van der Waals surface area contributed by atoms with Gasteiger partial charge in [0.25, 0.3) is 0 Å². The Balaban J connectivity index is 0.00000400. The van der Waals surface area contributed by atoms with Crippen LogP contribution in [0, 0.1) is 0 Å². The highest BCUT2D eigenvalue weighted by molar-refractivity contribution is 14.0. The average Bonchev–Trinajstić information content (AvgIpc) is 2.45. The minimum atomic E-state index is 0. The second kappa shape index (κ2) is 12.0. The lowest BCUT2D eigenvalue weighted by atomic mass is 10.2. The fourth-order valence-electron chi connectivity index (χ4n) is 1.72. The van der Waals surface area contributed by atoms with E-state index in [-0.39, 0.29) is 24.0 Å². The van der Waals surface area contributed by atoms with E-state index in [1.54, 1.807) is 0 Å². The molecule has 0 aliphatic rings. The van der Waals surface area contributed by atoms with Crippen molar-refractivity contribution in [1.29, 1.82) is 0 Å². The normalized spacial score (nSPS) is 10.8. The molecule has 2 N–H and O–H groups in total. The molecule has 1 aromatic rings. The number of nitrogens with one attached hydrogen (secondary N) is 2. The topological polar surface area (TPSA) is 39.7 Å². The van der Waals surface area contributed by atoms with Gasteiger partial charge < -0.3 is 15.5 Å². The predicted molar refractivity (Wildman–Crippen MR) is 107 cm³/mol. The SMILES string of the molecule is CCNC(=NCc1cccc(N(C)C)c1)NCCSC.I. The molecule has 4 nitrogen and oxygen atoms in total. The number of benzene rings is 1. The largest absolute Gasteiger partial charge is 0.378 e. The number of hydrogen-bond acceptors (Lipinski definition) is 3. The summed E-state index contributed by atoms with van der Waals surface area (Å²) in [5.74, 6) is 1.97. The van der Waals surface area contributed by atoms with Crippen LogP contribution in [0.3, 0.4) is 0 Å². The molecule has 0 saturated heterocycles. The Hall–Kier alpha value is -0.630. The van der Waals surface area contributed by atoms with Gasteiger partial charge in [0.05, 0.1) is 6.54 Å². The molecule has 1 aromatic carbocycles. The summed E-state index contributed by atoms with van der Waals surface area (Å²) in [6.45, 7) is 4.59. The third-order valence-electron chi connectivity index (χ3n) is 2.79. The Labute approximate surface area is 150 Å². The van der Waals surface area contributed by atoms with Crippen molar-refractivity contribution in [3.8, 4) is 0 Å². The van der Waals surface area contributed by atoms with Gasteiger partial charge in [0.15, 0.2) is 5.96 Å². The first kappa shape index (κ1) is 20.4. The van der Waals surface area contributed by atoms with Crippen molar-refractivity contribution in [2.45, 2.75) is 13.5 Å². The van der Waals surface area contributed by atoms with Gasteiger partial charge in [-0.05, 0) is 30.9 Å². The Bertz CT molecular complexity index is 424. The van der Waals surface area contributed by atoms with Gasteiger partial charge in [-0.1, -0.05) is 12.1 Å². The molecule has 0 spiro atoms. The highest BCUT2D eigenvalue weighted by Crippen LogP contribution is 2.13. The van der Waals surface area contributed by atoms with Crippen LogP contribution in [-0.2, 0) is 6.54 Å². The van der Waals surface area contributed by atoms with Crippen LogP contribution in [-0.4, -0.2) is 45.2 Å². The summed E-state index contributed by atoms with van der Waals surface area (Å²) in [4.78, 5) is 6.73. The lowest BCUT2D eigenvalue weighted by molar-refractivity contribution is 0.843. The van der Waals surface area contributed by atoms with E-state index in [0.717, 1.165) is 24.8 Å². The van der Waals surface area contributed by atoms with E-state index in [9.17, 15) is 0 Å².